The third-order valence-corrected chi connectivity index (χ3v) is 6.20. The maximum absolute atomic E-state index is 5.70. The molecule has 0 aliphatic carbocycles. The summed E-state index contributed by atoms with van der Waals surface area (Å²) in [4.78, 5) is 13.4. The van der Waals surface area contributed by atoms with Crippen molar-refractivity contribution >= 4 is 17.3 Å². The summed E-state index contributed by atoms with van der Waals surface area (Å²) in [6, 6.07) is 4.24. The monoisotopic (exact) mass is 403 g/mol. The van der Waals surface area contributed by atoms with Crippen molar-refractivity contribution in [2.24, 2.45) is 4.99 Å². The number of thiazole rings is 1. The van der Waals surface area contributed by atoms with E-state index in [9.17, 15) is 0 Å². The van der Waals surface area contributed by atoms with Gasteiger partial charge >= 0.3 is 0 Å². The van der Waals surface area contributed by atoms with Gasteiger partial charge in [-0.15, -0.1) is 11.3 Å². The zero-order valence-corrected chi connectivity index (χ0v) is 18.1. The number of nitrogens with one attached hydrogen (secondary N) is 2. The number of furan rings is 1. The lowest BCUT2D eigenvalue weighted by molar-refractivity contribution is 0.221. The Balaban J connectivity index is 1.58. The molecule has 3 rings (SSSR count). The highest BCUT2D eigenvalue weighted by atomic mass is 32.1. The molecular formula is C21H33N5OS. The van der Waals surface area contributed by atoms with Crippen LogP contribution < -0.4 is 10.6 Å². The van der Waals surface area contributed by atoms with Crippen LogP contribution in [0.5, 0.6) is 0 Å². The minimum atomic E-state index is 0.210. The third-order valence-electron chi connectivity index (χ3n) is 5.12. The van der Waals surface area contributed by atoms with E-state index in [2.05, 4.69) is 42.4 Å². The molecule has 0 aromatic carbocycles. The van der Waals surface area contributed by atoms with E-state index in [1.807, 2.05) is 6.07 Å². The van der Waals surface area contributed by atoms with Gasteiger partial charge in [-0.05, 0) is 58.3 Å². The van der Waals surface area contributed by atoms with Gasteiger partial charge in [-0.1, -0.05) is 6.92 Å². The number of rotatable bonds is 9. The molecular weight excluding hydrogens is 370 g/mol. The molecule has 154 valence electrons. The van der Waals surface area contributed by atoms with Crippen LogP contribution in [0.2, 0.25) is 0 Å². The molecule has 0 saturated carbocycles. The fourth-order valence-corrected chi connectivity index (χ4v) is 4.67. The first-order valence-corrected chi connectivity index (χ1v) is 11.3. The van der Waals surface area contributed by atoms with E-state index >= 15 is 0 Å². The third kappa shape index (κ3) is 5.58. The number of aromatic nitrogens is 1. The Morgan fingerprint density at radius 2 is 2.14 bits per heavy atom. The van der Waals surface area contributed by atoms with Crippen LogP contribution in [0.4, 0.5) is 0 Å². The van der Waals surface area contributed by atoms with Crippen LogP contribution in [0.3, 0.4) is 0 Å². The maximum Gasteiger partial charge on any atom is 0.191 e. The number of hydrogen-bond acceptors (Lipinski definition) is 5. The molecule has 3 heterocycles. The molecule has 1 saturated heterocycles. The van der Waals surface area contributed by atoms with E-state index in [0.717, 1.165) is 50.7 Å². The second-order valence-corrected chi connectivity index (χ2v) is 8.42. The summed E-state index contributed by atoms with van der Waals surface area (Å²) in [5.41, 5.74) is 1.23. The molecule has 0 spiro atoms. The Labute approximate surface area is 172 Å². The topological polar surface area (TPSA) is 65.7 Å². The second kappa shape index (κ2) is 10.6. The van der Waals surface area contributed by atoms with Crippen molar-refractivity contribution in [2.75, 3.05) is 32.7 Å². The first-order valence-electron chi connectivity index (χ1n) is 10.5. The summed E-state index contributed by atoms with van der Waals surface area (Å²) < 4.78 is 5.70. The molecule has 0 amide bonds. The van der Waals surface area contributed by atoms with Gasteiger partial charge in [0.1, 0.15) is 5.76 Å². The van der Waals surface area contributed by atoms with Crippen molar-refractivity contribution in [2.45, 2.75) is 52.5 Å². The van der Waals surface area contributed by atoms with Gasteiger partial charge in [-0.25, -0.2) is 4.98 Å². The van der Waals surface area contributed by atoms with Gasteiger partial charge in [0.2, 0.25) is 0 Å². The van der Waals surface area contributed by atoms with Crippen LogP contribution >= 0.6 is 11.3 Å². The highest BCUT2D eigenvalue weighted by Gasteiger charge is 2.25. The standard InChI is InChI=1S/C21H33N5OS/c1-4-17-16(3)28-20(25-17)10-11-23-21(22-5-2)24-15-18(19-9-8-14-27-19)26-12-6-7-13-26/h8-9,14,18H,4-7,10-13,15H2,1-3H3,(H2,22,23,24). The van der Waals surface area contributed by atoms with Crippen molar-refractivity contribution in [3.05, 3.63) is 39.7 Å². The predicted molar refractivity (Wildman–Crippen MR) is 116 cm³/mol. The van der Waals surface area contributed by atoms with Crippen molar-refractivity contribution in [3.63, 3.8) is 0 Å². The first kappa shape index (κ1) is 20.9. The Hall–Kier alpha value is -1.86. The van der Waals surface area contributed by atoms with E-state index in [0.29, 0.717) is 6.54 Å². The zero-order valence-electron chi connectivity index (χ0n) is 17.3. The van der Waals surface area contributed by atoms with Gasteiger partial charge in [0.05, 0.1) is 29.6 Å². The second-order valence-electron chi connectivity index (χ2n) is 7.13. The highest BCUT2D eigenvalue weighted by molar-refractivity contribution is 7.11. The summed E-state index contributed by atoms with van der Waals surface area (Å²) in [5.74, 6) is 1.87. The van der Waals surface area contributed by atoms with Crippen molar-refractivity contribution in [3.8, 4) is 0 Å². The lowest BCUT2D eigenvalue weighted by Crippen LogP contribution is -2.39. The normalized spacial score (nSPS) is 16.5. The number of aliphatic imine (C=N–C) groups is 1. The van der Waals surface area contributed by atoms with Gasteiger partial charge in [-0.3, -0.25) is 9.89 Å². The average Bonchev–Trinajstić information content (AvgIpc) is 3.44. The molecule has 2 aromatic rings. The largest absolute Gasteiger partial charge is 0.468 e. The van der Waals surface area contributed by atoms with Crippen LogP contribution in [0.1, 0.15) is 54.1 Å². The summed E-state index contributed by atoms with van der Waals surface area (Å²) in [6.45, 7) is 11.0. The average molecular weight is 404 g/mol. The molecule has 1 aliphatic heterocycles. The van der Waals surface area contributed by atoms with E-state index in [-0.39, 0.29) is 6.04 Å². The minimum absolute atomic E-state index is 0.210. The van der Waals surface area contributed by atoms with Crippen LogP contribution in [-0.2, 0) is 12.8 Å². The van der Waals surface area contributed by atoms with Gasteiger partial charge < -0.3 is 15.1 Å². The lowest BCUT2D eigenvalue weighted by Gasteiger charge is -2.24. The molecule has 1 unspecified atom stereocenters. The number of hydrogen-bond donors (Lipinski definition) is 2. The fourth-order valence-electron chi connectivity index (χ4n) is 3.65. The smallest absolute Gasteiger partial charge is 0.191 e. The van der Waals surface area contributed by atoms with E-state index in [1.165, 1.54) is 28.4 Å². The molecule has 1 fully saturated rings. The number of nitrogens with zero attached hydrogens (tertiary/aromatic N) is 3. The number of aryl methyl sites for hydroxylation is 2. The molecule has 2 N–H and O–H groups in total. The van der Waals surface area contributed by atoms with E-state index in [4.69, 9.17) is 14.4 Å². The van der Waals surface area contributed by atoms with E-state index < -0.39 is 0 Å². The molecule has 7 heteroatoms. The summed E-state index contributed by atoms with van der Waals surface area (Å²) in [7, 11) is 0. The van der Waals surface area contributed by atoms with Gasteiger partial charge in [0.25, 0.3) is 0 Å². The summed E-state index contributed by atoms with van der Waals surface area (Å²) >= 11 is 1.81. The van der Waals surface area contributed by atoms with Gasteiger partial charge in [-0.2, -0.15) is 0 Å². The molecule has 1 atom stereocenters. The molecule has 2 aromatic heterocycles. The van der Waals surface area contributed by atoms with Gasteiger partial charge in [0, 0.05) is 24.4 Å². The Bertz CT molecular complexity index is 734. The SMILES string of the molecule is CCNC(=NCC(c1ccco1)N1CCCC1)NCCc1nc(CC)c(C)s1. The Morgan fingerprint density at radius 1 is 1.32 bits per heavy atom. The fraction of sp³-hybridized carbons (Fsp3) is 0.619. The zero-order chi connectivity index (χ0) is 19.8. The maximum atomic E-state index is 5.70. The van der Waals surface area contributed by atoms with Crippen molar-refractivity contribution in [1.29, 1.82) is 0 Å². The van der Waals surface area contributed by atoms with E-state index in [1.54, 1.807) is 17.6 Å². The molecule has 0 bridgehead atoms. The predicted octanol–water partition coefficient (Wildman–Crippen LogP) is 3.54. The summed E-state index contributed by atoms with van der Waals surface area (Å²) in [5, 5.41) is 8.02. The first-order chi connectivity index (χ1) is 13.7. The lowest BCUT2D eigenvalue weighted by atomic mass is 10.2. The molecule has 0 radical (unpaired) electrons. The molecule has 1 aliphatic rings. The van der Waals surface area contributed by atoms with Crippen LogP contribution in [-0.4, -0.2) is 48.6 Å². The van der Waals surface area contributed by atoms with Crippen LogP contribution in [0.15, 0.2) is 27.8 Å². The van der Waals surface area contributed by atoms with Crippen LogP contribution in [0.25, 0.3) is 0 Å². The number of likely N-dealkylation sites (tertiary alicyclic amines) is 1. The molecule has 28 heavy (non-hydrogen) atoms. The minimum Gasteiger partial charge on any atom is -0.468 e. The molecule has 6 nitrogen and oxygen atoms in total. The Kier molecular flexibility index (Phi) is 7.91. The number of guanidine groups is 1. The van der Waals surface area contributed by atoms with Crippen molar-refractivity contribution in [1.82, 2.24) is 20.5 Å². The Morgan fingerprint density at radius 3 is 2.79 bits per heavy atom. The van der Waals surface area contributed by atoms with Gasteiger partial charge in [0.15, 0.2) is 5.96 Å². The highest BCUT2D eigenvalue weighted by Crippen LogP contribution is 2.25. The summed E-state index contributed by atoms with van der Waals surface area (Å²) in [6.07, 6.45) is 6.19. The quantitative estimate of drug-likeness (QED) is 0.495. The van der Waals surface area contributed by atoms with Crippen molar-refractivity contribution < 1.29 is 4.42 Å². The van der Waals surface area contributed by atoms with Crippen LogP contribution in [0, 0.1) is 6.92 Å².